The lowest BCUT2D eigenvalue weighted by Crippen LogP contribution is -1.90. The van der Waals surface area contributed by atoms with Gasteiger partial charge in [0.25, 0.3) is 0 Å². The van der Waals surface area contributed by atoms with Crippen LogP contribution in [0.25, 0.3) is 130 Å². The van der Waals surface area contributed by atoms with Crippen molar-refractivity contribution in [3.63, 3.8) is 0 Å². The molecule has 1 aromatic heterocycles. The number of hydrogen-bond donors (Lipinski definition) is 0. The molecule has 0 spiro atoms. The summed E-state index contributed by atoms with van der Waals surface area (Å²) in [6, 6.07) is 63.2. The minimum absolute atomic E-state index is 0.936. The molecule has 13 rings (SSSR count). The molecule has 0 N–H and O–H groups in total. The van der Waals surface area contributed by atoms with E-state index in [0.29, 0.717) is 0 Å². The lowest BCUT2D eigenvalue weighted by Gasteiger charge is -2.17. The van der Waals surface area contributed by atoms with Crippen molar-refractivity contribution >= 4 is 108 Å². The minimum Gasteiger partial charge on any atom is -0.455 e. The van der Waals surface area contributed by atoms with Gasteiger partial charge < -0.3 is 4.42 Å². The Labute approximate surface area is 303 Å². The van der Waals surface area contributed by atoms with E-state index in [2.05, 4.69) is 170 Å². The van der Waals surface area contributed by atoms with Gasteiger partial charge in [0.1, 0.15) is 11.2 Å². The highest BCUT2D eigenvalue weighted by molar-refractivity contribution is 6.30. The standard InChI is InChI=1S/C52H28O/c1-2-10-39-29(5-1)17-26-43-45-28-37-16-15-36(38-22-18-34-13-11-30-6-3-8-32-19-23-40(38)48(34)46(30)32)27-44(37)50(52(45)53-51(39)43)42-25-21-35-14-12-31-7-4-9-33-20-24-41(42)49(35)47(31)33/h1-28H. The van der Waals surface area contributed by atoms with Crippen LogP contribution in [0.3, 0.4) is 0 Å². The van der Waals surface area contributed by atoms with E-state index >= 15 is 0 Å². The SMILES string of the molecule is c1ccc2c(c1)ccc1c3cc4ccc(-c5ccc6ccc7cccc8ccc5c6c78)cc4c(-c4ccc5ccc6cccc7ccc4c5c67)c3oc21. The molecule has 1 nitrogen and oxygen atoms in total. The lowest BCUT2D eigenvalue weighted by molar-refractivity contribution is 0.674. The van der Waals surface area contributed by atoms with Crippen LogP contribution in [0, 0.1) is 0 Å². The summed E-state index contributed by atoms with van der Waals surface area (Å²) < 4.78 is 7.14. The molecule has 0 amide bonds. The van der Waals surface area contributed by atoms with E-state index in [0.717, 1.165) is 32.9 Å². The Morgan fingerprint density at radius 3 is 1.47 bits per heavy atom. The second kappa shape index (κ2) is 9.88. The van der Waals surface area contributed by atoms with E-state index in [1.165, 1.54) is 97.5 Å². The normalized spacial score (nSPS) is 12.5. The van der Waals surface area contributed by atoms with Gasteiger partial charge in [0, 0.05) is 21.7 Å². The van der Waals surface area contributed by atoms with Crippen molar-refractivity contribution in [2.45, 2.75) is 0 Å². The quantitative estimate of drug-likeness (QED) is 0.167. The summed E-state index contributed by atoms with van der Waals surface area (Å²) >= 11 is 0. The number of furan rings is 1. The average molecular weight is 669 g/mol. The van der Waals surface area contributed by atoms with Gasteiger partial charge in [-0.05, 0) is 116 Å². The van der Waals surface area contributed by atoms with E-state index in [1.54, 1.807) is 0 Å². The van der Waals surface area contributed by atoms with Crippen LogP contribution in [0.1, 0.15) is 0 Å². The zero-order chi connectivity index (χ0) is 34.4. The summed E-state index contributed by atoms with van der Waals surface area (Å²) in [6.07, 6.45) is 0. The van der Waals surface area contributed by atoms with Crippen molar-refractivity contribution in [3.8, 4) is 22.3 Å². The second-order valence-electron chi connectivity index (χ2n) is 14.8. The van der Waals surface area contributed by atoms with Gasteiger partial charge in [-0.3, -0.25) is 0 Å². The molecular formula is C52H28O. The molecule has 12 aromatic carbocycles. The smallest absolute Gasteiger partial charge is 0.143 e. The summed E-state index contributed by atoms with van der Waals surface area (Å²) in [6.45, 7) is 0. The van der Waals surface area contributed by atoms with Crippen molar-refractivity contribution in [2.75, 3.05) is 0 Å². The zero-order valence-corrected chi connectivity index (χ0v) is 28.6. The van der Waals surface area contributed by atoms with Crippen LogP contribution in [0.15, 0.2) is 174 Å². The molecule has 1 heterocycles. The van der Waals surface area contributed by atoms with Crippen molar-refractivity contribution in [3.05, 3.63) is 170 Å². The first-order valence-electron chi connectivity index (χ1n) is 18.4. The summed E-state index contributed by atoms with van der Waals surface area (Å²) in [5, 5.41) is 22.5. The highest BCUT2D eigenvalue weighted by Crippen LogP contribution is 2.48. The van der Waals surface area contributed by atoms with Gasteiger partial charge in [-0.15, -0.1) is 0 Å². The highest BCUT2D eigenvalue weighted by atomic mass is 16.3. The molecule has 0 aliphatic heterocycles. The van der Waals surface area contributed by atoms with E-state index in [9.17, 15) is 0 Å². The molecule has 0 saturated carbocycles. The topological polar surface area (TPSA) is 13.1 Å². The van der Waals surface area contributed by atoms with E-state index in [4.69, 9.17) is 4.42 Å². The molecule has 0 unspecified atom stereocenters. The third kappa shape index (κ3) is 3.61. The molecule has 13 aromatic rings. The van der Waals surface area contributed by atoms with Crippen LogP contribution in [0.2, 0.25) is 0 Å². The summed E-state index contributed by atoms with van der Waals surface area (Å²) in [7, 11) is 0. The minimum atomic E-state index is 0.936. The number of rotatable bonds is 2. The third-order valence-electron chi connectivity index (χ3n) is 12.1. The Hall–Kier alpha value is -6.96. The van der Waals surface area contributed by atoms with Gasteiger partial charge in [-0.25, -0.2) is 0 Å². The Morgan fingerprint density at radius 2 is 0.774 bits per heavy atom. The fourth-order valence-corrected chi connectivity index (χ4v) is 9.73. The van der Waals surface area contributed by atoms with Crippen molar-refractivity contribution < 1.29 is 4.42 Å². The third-order valence-corrected chi connectivity index (χ3v) is 12.1. The van der Waals surface area contributed by atoms with Crippen molar-refractivity contribution in [1.82, 2.24) is 0 Å². The molecule has 0 aliphatic rings. The van der Waals surface area contributed by atoms with Gasteiger partial charge in [-0.1, -0.05) is 152 Å². The van der Waals surface area contributed by atoms with Crippen LogP contribution >= 0.6 is 0 Å². The van der Waals surface area contributed by atoms with Crippen LogP contribution < -0.4 is 0 Å². The highest BCUT2D eigenvalue weighted by Gasteiger charge is 2.22. The largest absolute Gasteiger partial charge is 0.455 e. The number of benzene rings is 12. The van der Waals surface area contributed by atoms with Crippen molar-refractivity contribution in [1.29, 1.82) is 0 Å². The molecule has 242 valence electrons. The van der Waals surface area contributed by atoms with Crippen LogP contribution in [0.5, 0.6) is 0 Å². The van der Waals surface area contributed by atoms with Gasteiger partial charge >= 0.3 is 0 Å². The van der Waals surface area contributed by atoms with Crippen LogP contribution in [-0.4, -0.2) is 0 Å². The van der Waals surface area contributed by atoms with Crippen LogP contribution in [0.4, 0.5) is 0 Å². The average Bonchev–Trinajstić information content (AvgIpc) is 3.59. The molecule has 53 heavy (non-hydrogen) atoms. The first-order chi connectivity index (χ1) is 26.3. The first kappa shape index (κ1) is 27.7. The predicted molar refractivity (Wildman–Crippen MR) is 227 cm³/mol. The van der Waals surface area contributed by atoms with E-state index in [1.807, 2.05) is 0 Å². The van der Waals surface area contributed by atoms with E-state index < -0.39 is 0 Å². The molecule has 0 atom stereocenters. The van der Waals surface area contributed by atoms with Gasteiger partial charge in [0.05, 0.1) is 0 Å². The fraction of sp³-hybridized carbons (Fsp3) is 0. The van der Waals surface area contributed by atoms with Crippen LogP contribution in [-0.2, 0) is 0 Å². The summed E-state index contributed by atoms with van der Waals surface area (Å²) in [4.78, 5) is 0. The van der Waals surface area contributed by atoms with Crippen molar-refractivity contribution in [2.24, 2.45) is 0 Å². The molecule has 0 saturated heterocycles. The molecular weight excluding hydrogens is 641 g/mol. The molecule has 0 fully saturated rings. The maximum atomic E-state index is 7.14. The fourth-order valence-electron chi connectivity index (χ4n) is 9.73. The maximum Gasteiger partial charge on any atom is 0.143 e. The Bertz CT molecular complexity index is 3640. The first-order valence-corrected chi connectivity index (χ1v) is 18.4. The predicted octanol–water partition coefficient (Wildman–Crippen LogP) is 15.0. The van der Waals surface area contributed by atoms with Gasteiger partial charge in [0.2, 0.25) is 0 Å². The molecule has 1 heteroatoms. The van der Waals surface area contributed by atoms with Gasteiger partial charge in [0.15, 0.2) is 0 Å². The number of hydrogen-bond acceptors (Lipinski definition) is 1. The zero-order valence-electron chi connectivity index (χ0n) is 28.6. The lowest BCUT2D eigenvalue weighted by atomic mass is 9.86. The number of fused-ring (bicyclic) bond motifs is 6. The second-order valence-corrected chi connectivity index (χ2v) is 14.8. The Morgan fingerprint density at radius 1 is 0.264 bits per heavy atom. The summed E-state index contributed by atoms with van der Waals surface area (Å²) in [5.74, 6) is 0. The Balaban J connectivity index is 1.18. The summed E-state index contributed by atoms with van der Waals surface area (Å²) in [5.41, 5.74) is 6.67. The monoisotopic (exact) mass is 668 g/mol. The molecule has 0 aliphatic carbocycles. The Kier molecular flexibility index (Phi) is 5.17. The molecule has 0 radical (unpaired) electrons. The van der Waals surface area contributed by atoms with Gasteiger partial charge in [-0.2, -0.15) is 0 Å². The van der Waals surface area contributed by atoms with E-state index in [-0.39, 0.29) is 0 Å². The maximum absolute atomic E-state index is 7.14. The molecule has 0 bridgehead atoms.